The Hall–Kier alpha value is -1.84. The van der Waals surface area contributed by atoms with Crippen LogP contribution in [0.5, 0.6) is 0 Å². The Kier molecular flexibility index (Phi) is 6.63. The summed E-state index contributed by atoms with van der Waals surface area (Å²) in [5, 5.41) is 2.95. The lowest BCUT2D eigenvalue weighted by atomic mass is 9.86. The highest BCUT2D eigenvalue weighted by Crippen LogP contribution is 2.27. The molecule has 2 rings (SSSR count). The van der Waals surface area contributed by atoms with Gasteiger partial charge >= 0.3 is 0 Å². The van der Waals surface area contributed by atoms with E-state index in [0.29, 0.717) is 12.8 Å². The van der Waals surface area contributed by atoms with E-state index in [1.807, 2.05) is 24.3 Å². The highest BCUT2D eigenvalue weighted by Gasteiger charge is 2.15. The number of anilines is 1. The van der Waals surface area contributed by atoms with Gasteiger partial charge in [-0.3, -0.25) is 9.59 Å². The zero-order valence-electron chi connectivity index (χ0n) is 14.3. The Labute approximate surface area is 139 Å². The number of hydrogen-bond acceptors (Lipinski definition) is 2. The van der Waals surface area contributed by atoms with E-state index in [1.165, 1.54) is 32.1 Å². The van der Waals surface area contributed by atoms with E-state index < -0.39 is 0 Å². The van der Waals surface area contributed by atoms with Crippen LogP contribution in [0.1, 0.15) is 50.5 Å². The van der Waals surface area contributed by atoms with Crippen molar-refractivity contribution in [2.45, 2.75) is 51.4 Å². The standard InChI is InChI=1S/C19H28N2O2/c1-21(2)19(23)14-16-8-11-17(12-9-16)20-18(22)13-10-15-6-4-3-5-7-15/h8-9,11-12,15H,3-7,10,13-14H2,1-2H3,(H,20,22). The van der Waals surface area contributed by atoms with Crippen molar-refractivity contribution in [2.24, 2.45) is 5.92 Å². The second-order valence-electron chi connectivity index (χ2n) is 6.75. The van der Waals surface area contributed by atoms with Gasteiger partial charge in [-0.1, -0.05) is 44.2 Å². The average Bonchev–Trinajstić information content (AvgIpc) is 2.55. The molecule has 1 aromatic rings. The molecule has 0 heterocycles. The highest BCUT2D eigenvalue weighted by molar-refractivity contribution is 5.90. The summed E-state index contributed by atoms with van der Waals surface area (Å²) in [7, 11) is 3.51. The number of likely N-dealkylation sites (N-methyl/N-ethyl adjacent to an activating group) is 1. The van der Waals surface area contributed by atoms with Gasteiger partial charge in [-0.2, -0.15) is 0 Å². The molecule has 1 aromatic carbocycles. The third-order valence-corrected chi connectivity index (χ3v) is 4.60. The summed E-state index contributed by atoms with van der Waals surface area (Å²) in [6.07, 6.45) is 8.55. The minimum atomic E-state index is 0.0780. The van der Waals surface area contributed by atoms with Crippen molar-refractivity contribution in [2.75, 3.05) is 19.4 Å². The Bertz CT molecular complexity index is 517. The number of hydrogen-bond donors (Lipinski definition) is 1. The smallest absolute Gasteiger partial charge is 0.226 e. The Morgan fingerprint density at radius 2 is 1.74 bits per heavy atom. The molecule has 1 N–H and O–H groups in total. The van der Waals surface area contributed by atoms with E-state index in [2.05, 4.69) is 5.32 Å². The Morgan fingerprint density at radius 1 is 1.09 bits per heavy atom. The Morgan fingerprint density at radius 3 is 2.35 bits per heavy atom. The van der Waals surface area contributed by atoms with Crippen molar-refractivity contribution >= 4 is 17.5 Å². The minimum Gasteiger partial charge on any atom is -0.349 e. The largest absolute Gasteiger partial charge is 0.349 e. The highest BCUT2D eigenvalue weighted by atomic mass is 16.2. The number of carbonyl (C=O) groups excluding carboxylic acids is 2. The van der Waals surface area contributed by atoms with Crippen LogP contribution in [0.25, 0.3) is 0 Å². The van der Waals surface area contributed by atoms with Crippen LogP contribution in [0.15, 0.2) is 24.3 Å². The van der Waals surface area contributed by atoms with Crippen LogP contribution in [-0.4, -0.2) is 30.8 Å². The first-order chi connectivity index (χ1) is 11.0. The van der Waals surface area contributed by atoms with Gasteiger partial charge in [-0.05, 0) is 30.0 Å². The lowest BCUT2D eigenvalue weighted by molar-refractivity contribution is -0.128. The molecule has 4 heteroatoms. The fourth-order valence-corrected chi connectivity index (χ4v) is 3.07. The topological polar surface area (TPSA) is 49.4 Å². The van der Waals surface area contributed by atoms with E-state index >= 15 is 0 Å². The Balaban J connectivity index is 1.76. The van der Waals surface area contributed by atoms with Crippen LogP contribution >= 0.6 is 0 Å². The molecular formula is C19H28N2O2. The summed E-state index contributed by atoms with van der Waals surface area (Å²) in [5.74, 6) is 0.899. The van der Waals surface area contributed by atoms with Gasteiger partial charge < -0.3 is 10.2 Å². The molecule has 0 atom stereocenters. The summed E-state index contributed by atoms with van der Waals surface area (Å²) in [5.41, 5.74) is 1.77. The van der Waals surface area contributed by atoms with Crippen LogP contribution in [0.3, 0.4) is 0 Å². The molecule has 0 aliphatic heterocycles. The molecule has 0 radical (unpaired) electrons. The maximum absolute atomic E-state index is 12.0. The molecule has 1 aliphatic carbocycles. The predicted octanol–water partition coefficient (Wildman–Crippen LogP) is 3.62. The van der Waals surface area contributed by atoms with Crippen LogP contribution < -0.4 is 5.32 Å². The van der Waals surface area contributed by atoms with Crippen molar-refractivity contribution in [1.82, 2.24) is 4.90 Å². The first kappa shape index (κ1) is 17.5. The van der Waals surface area contributed by atoms with Crippen LogP contribution in [0.2, 0.25) is 0 Å². The van der Waals surface area contributed by atoms with Crippen molar-refractivity contribution in [1.29, 1.82) is 0 Å². The summed E-state index contributed by atoms with van der Waals surface area (Å²) in [6, 6.07) is 7.55. The van der Waals surface area contributed by atoms with Crippen molar-refractivity contribution in [3.05, 3.63) is 29.8 Å². The number of benzene rings is 1. The summed E-state index contributed by atoms with van der Waals surface area (Å²) in [4.78, 5) is 25.3. The monoisotopic (exact) mass is 316 g/mol. The molecule has 4 nitrogen and oxygen atoms in total. The van der Waals surface area contributed by atoms with Crippen molar-refractivity contribution in [3.63, 3.8) is 0 Å². The average molecular weight is 316 g/mol. The van der Waals surface area contributed by atoms with Gasteiger partial charge in [0, 0.05) is 26.2 Å². The number of nitrogens with one attached hydrogen (secondary N) is 1. The second kappa shape index (κ2) is 8.70. The van der Waals surface area contributed by atoms with Gasteiger partial charge in [0.15, 0.2) is 0 Å². The predicted molar refractivity (Wildman–Crippen MR) is 93.3 cm³/mol. The molecule has 0 unspecified atom stereocenters. The van der Waals surface area contributed by atoms with E-state index in [0.717, 1.165) is 23.6 Å². The van der Waals surface area contributed by atoms with Crippen molar-refractivity contribution < 1.29 is 9.59 Å². The summed E-state index contributed by atoms with van der Waals surface area (Å²) in [6.45, 7) is 0. The minimum absolute atomic E-state index is 0.0780. The third-order valence-electron chi connectivity index (χ3n) is 4.60. The van der Waals surface area contributed by atoms with Gasteiger partial charge in [0.1, 0.15) is 0 Å². The van der Waals surface area contributed by atoms with Gasteiger partial charge in [0.05, 0.1) is 6.42 Å². The lowest BCUT2D eigenvalue weighted by Gasteiger charge is -2.21. The SMILES string of the molecule is CN(C)C(=O)Cc1ccc(NC(=O)CCC2CCCCC2)cc1. The maximum Gasteiger partial charge on any atom is 0.226 e. The van der Waals surface area contributed by atoms with E-state index in [1.54, 1.807) is 19.0 Å². The van der Waals surface area contributed by atoms with Gasteiger partial charge in [0.25, 0.3) is 0 Å². The molecule has 126 valence electrons. The molecule has 23 heavy (non-hydrogen) atoms. The first-order valence-corrected chi connectivity index (χ1v) is 8.63. The van der Waals surface area contributed by atoms with Crippen molar-refractivity contribution in [3.8, 4) is 0 Å². The number of rotatable bonds is 6. The van der Waals surface area contributed by atoms with E-state index in [-0.39, 0.29) is 11.8 Å². The van der Waals surface area contributed by atoms with Gasteiger partial charge in [0.2, 0.25) is 11.8 Å². The molecule has 0 saturated heterocycles. The molecule has 1 aliphatic rings. The summed E-state index contributed by atoms with van der Waals surface area (Å²) >= 11 is 0. The quantitative estimate of drug-likeness (QED) is 0.871. The second-order valence-corrected chi connectivity index (χ2v) is 6.75. The summed E-state index contributed by atoms with van der Waals surface area (Å²) < 4.78 is 0. The number of carbonyl (C=O) groups is 2. The maximum atomic E-state index is 12.0. The first-order valence-electron chi connectivity index (χ1n) is 8.63. The van der Waals surface area contributed by atoms with E-state index in [4.69, 9.17) is 0 Å². The van der Waals surface area contributed by atoms with Crippen LogP contribution in [0, 0.1) is 5.92 Å². The lowest BCUT2D eigenvalue weighted by Crippen LogP contribution is -2.23. The molecule has 0 aromatic heterocycles. The molecule has 0 spiro atoms. The molecule has 1 saturated carbocycles. The normalized spacial score (nSPS) is 15.2. The fraction of sp³-hybridized carbons (Fsp3) is 0.579. The third kappa shape index (κ3) is 6.05. The van der Waals surface area contributed by atoms with Gasteiger partial charge in [-0.15, -0.1) is 0 Å². The molecule has 1 fully saturated rings. The number of amides is 2. The number of nitrogens with zero attached hydrogens (tertiary/aromatic N) is 1. The molecular weight excluding hydrogens is 288 g/mol. The zero-order valence-corrected chi connectivity index (χ0v) is 14.3. The van der Waals surface area contributed by atoms with E-state index in [9.17, 15) is 9.59 Å². The molecule has 2 amide bonds. The van der Waals surface area contributed by atoms with Gasteiger partial charge in [-0.25, -0.2) is 0 Å². The fourth-order valence-electron chi connectivity index (χ4n) is 3.07. The zero-order chi connectivity index (χ0) is 16.7. The van der Waals surface area contributed by atoms with Crippen LogP contribution in [-0.2, 0) is 16.0 Å². The molecule has 0 bridgehead atoms. The van der Waals surface area contributed by atoms with Crippen LogP contribution in [0.4, 0.5) is 5.69 Å².